The highest BCUT2D eigenvalue weighted by Gasteiger charge is 2.06. The number of benzene rings is 2. The van der Waals surface area contributed by atoms with Crippen LogP contribution in [0, 0.1) is 6.92 Å². The Morgan fingerprint density at radius 3 is 2.80 bits per heavy atom. The van der Waals surface area contributed by atoms with Crippen molar-refractivity contribution in [1.82, 2.24) is 0 Å². The molecule has 0 N–H and O–H groups in total. The van der Waals surface area contributed by atoms with Crippen LogP contribution in [0.3, 0.4) is 0 Å². The molecule has 0 amide bonds. The van der Waals surface area contributed by atoms with E-state index < -0.39 is 0 Å². The molecule has 0 aliphatic heterocycles. The molecule has 1 heterocycles. The number of hydrogen-bond acceptors (Lipinski definition) is 1. The fraction of sp³-hybridized carbons (Fsp3) is 0.0769. The largest absolute Gasteiger partial charge is 0.135 e. The molecule has 0 nitrogen and oxygen atoms in total. The van der Waals surface area contributed by atoms with Gasteiger partial charge in [-0.25, -0.2) is 0 Å². The number of rotatable bonds is 0. The van der Waals surface area contributed by atoms with Crippen molar-refractivity contribution < 1.29 is 0 Å². The molecule has 0 atom stereocenters. The maximum atomic E-state index is 3.53. The van der Waals surface area contributed by atoms with Crippen molar-refractivity contribution in [3.8, 4) is 0 Å². The highest BCUT2D eigenvalue weighted by Crippen LogP contribution is 2.36. The van der Waals surface area contributed by atoms with Gasteiger partial charge in [-0.2, -0.15) is 0 Å². The maximum absolute atomic E-state index is 3.53. The fourth-order valence-electron chi connectivity index (χ4n) is 1.91. The van der Waals surface area contributed by atoms with Gasteiger partial charge in [0.25, 0.3) is 0 Å². The van der Waals surface area contributed by atoms with Crippen molar-refractivity contribution in [3.05, 3.63) is 46.4 Å². The van der Waals surface area contributed by atoms with Gasteiger partial charge in [0.05, 0.1) is 0 Å². The van der Waals surface area contributed by atoms with E-state index in [1.54, 1.807) is 0 Å². The molecule has 3 rings (SSSR count). The van der Waals surface area contributed by atoms with Gasteiger partial charge < -0.3 is 0 Å². The molecule has 2 aromatic carbocycles. The minimum Gasteiger partial charge on any atom is -0.135 e. The first kappa shape index (κ1) is 9.37. The molecule has 0 saturated heterocycles. The number of halogens is 1. The fourth-order valence-corrected chi connectivity index (χ4v) is 3.42. The molecular weight excluding hydrogens is 268 g/mol. The quantitative estimate of drug-likeness (QED) is 0.534. The molecule has 74 valence electrons. The second kappa shape index (κ2) is 3.32. The summed E-state index contributed by atoms with van der Waals surface area (Å²) < 4.78 is 3.92. The average molecular weight is 277 g/mol. The standard InChI is InChI=1S/C13H9BrS/c1-8-3-2-4-10-11-7-9(14)5-6-12(11)15-13(8)10/h2-7H,1H3. The minimum absolute atomic E-state index is 1.15. The maximum Gasteiger partial charge on any atom is 0.0384 e. The Labute approximate surface area is 101 Å². The summed E-state index contributed by atoms with van der Waals surface area (Å²) in [5.74, 6) is 0. The van der Waals surface area contributed by atoms with E-state index in [-0.39, 0.29) is 0 Å². The summed E-state index contributed by atoms with van der Waals surface area (Å²) in [6.07, 6.45) is 0. The van der Waals surface area contributed by atoms with Crippen molar-refractivity contribution in [3.63, 3.8) is 0 Å². The van der Waals surface area contributed by atoms with Crippen LogP contribution >= 0.6 is 27.3 Å². The Kier molecular flexibility index (Phi) is 2.08. The number of thiophene rings is 1. The molecule has 15 heavy (non-hydrogen) atoms. The Morgan fingerprint density at radius 2 is 1.93 bits per heavy atom. The summed E-state index contributed by atoms with van der Waals surface area (Å²) in [4.78, 5) is 0. The van der Waals surface area contributed by atoms with Gasteiger partial charge in [0.2, 0.25) is 0 Å². The third-order valence-corrected chi connectivity index (χ3v) is 4.47. The number of aryl methyl sites for hydroxylation is 1. The van der Waals surface area contributed by atoms with E-state index in [9.17, 15) is 0 Å². The molecule has 2 heteroatoms. The summed E-state index contributed by atoms with van der Waals surface area (Å²) in [5, 5.41) is 2.73. The molecule has 0 saturated carbocycles. The van der Waals surface area contributed by atoms with E-state index in [0.29, 0.717) is 0 Å². The molecule has 1 aromatic heterocycles. The van der Waals surface area contributed by atoms with Gasteiger partial charge in [-0.05, 0) is 30.7 Å². The van der Waals surface area contributed by atoms with Gasteiger partial charge in [-0.3, -0.25) is 0 Å². The molecule has 0 aliphatic rings. The van der Waals surface area contributed by atoms with Crippen LogP contribution in [0.4, 0.5) is 0 Å². The normalized spacial score (nSPS) is 11.3. The van der Waals surface area contributed by atoms with E-state index in [4.69, 9.17) is 0 Å². The van der Waals surface area contributed by atoms with Crippen LogP contribution in [-0.2, 0) is 0 Å². The third kappa shape index (κ3) is 1.40. The molecule has 3 aromatic rings. The summed E-state index contributed by atoms with van der Waals surface area (Å²) in [6, 6.07) is 13.0. The van der Waals surface area contributed by atoms with Gasteiger partial charge in [0.15, 0.2) is 0 Å². The highest BCUT2D eigenvalue weighted by molar-refractivity contribution is 9.10. The molecule has 0 aliphatic carbocycles. The lowest BCUT2D eigenvalue weighted by atomic mass is 10.1. The van der Waals surface area contributed by atoms with Gasteiger partial charge in [0.1, 0.15) is 0 Å². The Hall–Kier alpha value is -0.860. The Morgan fingerprint density at radius 1 is 1.07 bits per heavy atom. The van der Waals surface area contributed by atoms with Gasteiger partial charge >= 0.3 is 0 Å². The smallest absolute Gasteiger partial charge is 0.0384 e. The van der Waals surface area contributed by atoms with Crippen molar-refractivity contribution in [2.24, 2.45) is 0 Å². The Balaban J connectivity index is 2.58. The van der Waals surface area contributed by atoms with Crippen molar-refractivity contribution in [2.75, 3.05) is 0 Å². The third-order valence-electron chi connectivity index (χ3n) is 2.66. The second-order valence-electron chi connectivity index (χ2n) is 3.69. The van der Waals surface area contributed by atoms with E-state index in [2.05, 4.69) is 59.3 Å². The predicted molar refractivity (Wildman–Crippen MR) is 71.8 cm³/mol. The molecular formula is C13H9BrS. The van der Waals surface area contributed by atoms with Crippen molar-refractivity contribution in [1.29, 1.82) is 0 Å². The summed E-state index contributed by atoms with van der Waals surface area (Å²) in [7, 11) is 0. The number of fused-ring (bicyclic) bond motifs is 3. The summed E-state index contributed by atoms with van der Waals surface area (Å²) in [6.45, 7) is 2.17. The van der Waals surface area contributed by atoms with Crippen LogP contribution in [0.5, 0.6) is 0 Å². The summed E-state index contributed by atoms with van der Waals surface area (Å²) >= 11 is 5.40. The van der Waals surface area contributed by atoms with Gasteiger partial charge in [-0.1, -0.05) is 34.1 Å². The zero-order valence-electron chi connectivity index (χ0n) is 8.25. The lowest BCUT2D eigenvalue weighted by Gasteiger charge is -1.94. The molecule has 0 fully saturated rings. The topological polar surface area (TPSA) is 0 Å². The number of hydrogen-bond donors (Lipinski definition) is 0. The zero-order valence-corrected chi connectivity index (χ0v) is 10.7. The lowest BCUT2D eigenvalue weighted by molar-refractivity contribution is 1.56. The van der Waals surface area contributed by atoms with Crippen LogP contribution in [0.1, 0.15) is 5.56 Å². The van der Waals surface area contributed by atoms with Crippen LogP contribution < -0.4 is 0 Å². The van der Waals surface area contributed by atoms with Gasteiger partial charge in [0, 0.05) is 24.6 Å². The zero-order chi connectivity index (χ0) is 10.4. The molecule has 0 unspecified atom stereocenters. The summed E-state index contributed by atoms with van der Waals surface area (Å²) in [5.41, 5.74) is 1.37. The SMILES string of the molecule is Cc1cccc2c1sc1ccc(Br)cc12. The van der Waals surface area contributed by atoms with Crippen LogP contribution in [-0.4, -0.2) is 0 Å². The van der Waals surface area contributed by atoms with E-state index >= 15 is 0 Å². The van der Waals surface area contributed by atoms with Crippen molar-refractivity contribution in [2.45, 2.75) is 6.92 Å². The van der Waals surface area contributed by atoms with Gasteiger partial charge in [-0.15, -0.1) is 11.3 Å². The highest BCUT2D eigenvalue weighted by atomic mass is 79.9. The first-order chi connectivity index (χ1) is 7.25. The average Bonchev–Trinajstić information content (AvgIpc) is 2.58. The first-order valence-corrected chi connectivity index (χ1v) is 6.44. The van der Waals surface area contributed by atoms with Crippen LogP contribution in [0.2, 0.25) is 0 Å². The van der Waals surface area contributed by atoms with Crippen LogP contribution in [0.25, 0.3) is 20.2 Å². The molecule has 0 radical (unpaired) electrons. The van der Waals surface area contributed by atoms with Crippen LogP contribution in [0.15, 0.2) is 40.9 Å². The monoisotopic (exact) mass is 276 g/mol. The van der Waals surface area contributed by atoms with E-state index in [0.717, 1.165) is 4.47 Å². The minimum atomic E-state index is 1.15. The Bertz CT molecular complexity index is 652. The molecule has 0 bridgehead atoms. The predicted octanol–water partition coefficient (Wildman–Crippen LogP) is 5.13. The van der Waals surface area contributed by atoms with Crippen molar-refractivity contribution >= 4 is 47.4 Å². The lowest BCUT2D eigenvalue weighted by Crippen LogP contribution is -1.70. The van der Waals surface area contributed by atoms with E-state index in [1.165, 1.54) is 25.7 Å². The first-order valence-electron chi connectivity index (χ1n) is 4.83. The molecule has 0 spiro atoms. The van der Waals surface area contributed by atoms with E-state index in [1.807, 2.05) is 11.3 Å². The second-order valence-corrected chi connectivity index (χ2v) is 5.66.